The van der Waals surface area contributed by atoms with Gasteiger partial charge >= 0.3 is 0 Å². The van der Waals surface area contributed by atoms with E-state index in [0.717, 1.165) is 22.8 Å². The summed E-state index contributed by atoms with van der Waals surface area (Å²) < 4.78 is 27.4. The fourth-order valence-corrected chi connectivity index (χ4v) is 6.61. The van der Waals surface area contributed by atoms with Crippen molar-refractivity contribution >= 4 is 56.3 Å². The van der Waals surface area contributed by atoms with Crippen molar-refractivity contribution in [3.8, 4) is 0 Å². The van der Waals surface area contributed by atoms with E-state index in [-0.39, 0.29) is 21.6 Å². The molecule has 0 aliphatic carbocycles. The molecule has 1 aromatic heterocycles. The Kier molecular flexibility index (Phi) is 6.99. The van der Waals surface area contributed by atoms with E-state index < -0.39 is 15.9 Å². The van der Waals surface area contributed by atoms with Gasteiger partial charge in [-0.3, -0.25) is 9.59 Å². The molecule has 3 rings (SSSR count). The van der Waals surface area contributed by atoms with Crippen LogP contribution in [0.5, 0.6) is 0 Å². The molecule has 0 radical (unpaired) electrons. The van der Waals surface area contributed by atoms with Crippen LogP contribution in [0.1, 0.15) is 23.5 Å². The SMILES string of the molecule is CC(C)C(=O)Nc1cccc(NC(=O)c2sccc2S(=O)(=O)N2CCSCC2)c1. The number of carbonyl (C=O) groups excluding carboxylic acids is 2. The molecule has 29 heavy (non-hydrogen) atoms. The second kappa shape index (κ2) is 9.29. The van der Waals surface area contributed by atoms with E-state index in [2.05, 4.69) is 10.6 Å². The van der Waals surface area contributed by atoms with E-state index in [9.17, 15) is 18.0 Å². The van der Waals surface area contributed by atoms with Gasteiger partial charge in [-0.15, -0.1) is 11.3 Å². The van der Waals surface area contributed by atoms with Crippen LogP contribution >= 0.6 is 23.1 Å². The van der Waals surface area contributed by atoms with Crippen LogP contribution in [0.25, 0.3) is 0 Å². The van der Waals surface area contributed by atoms with Gasteiger partial charge in [0.15, 0.2) is 0 Å². The smallest absolute Gasteiger partial charge is 0.267 e. The van der Waals surface area contributed by atoms with Crippen LogP contribution in [0.2, 0.25) is 0 Å². The third kappa shape index (κ3) is 5.19. The zero-order valence-electron chi connectivity index (χ0n) is 16.2. The Morgan fingerprint density at radius 1 is 1.07 bits per heavy atom. The largest absolute Gasteiger partial charge is 0.326 e. The van der Waals surface area contributed by atoms with Crippen molar-refractivity contribution in [2.75, 3.05) is 35.2 Å². The Bertz CT molecular complexity index is 996. The number of sulfonamides is 1. The highest BCUT2D eigenvalue weighted by Crippen LogP contribution is 2.28. The maximum Gasteiger partial charge on any atom is 0.267 e. The number of carbonyl (C=O) groups is 2. The molecule has 0 spiro atoms. The number of anilines is 2. The van der Waals surface area contributed by atoms with Crippen LogP contribution < -0.4 is 10.6 Å². The van der Waals surface area contributed by atoms with Crippen LogP contribution in [0.4, 0.5) is 11.4 Å². The lowest BCUT2D eigenvalue weighted by Crippen LogP contribution is -2.38. The van der Waals surface area contributed by atoms with Gasteiger partial charge in [0.1, 0.15) is 9.77 Å². The molecule has 0 atom stereocenters. The van der Waals surface area contributed by atoms with Crippen LogP contribution in [0.3, 0.4) is 0 Å². The second-order valence-electron chi connectivity index (χ2n) is 6.81. The average Bonchev–Trinajstić information content (AvgIpc) is 3.20. The summed E-state index contributed by atoms with van der Waals surface area (Å²) >= 11 is 2.81. The minimum absolute atomic E-state index is 0.0381. The molecule has 7 nitrogen and oxygen atoms in total. The molecule has 1 aromatic carbocycles. The van der Waals surface area contributed by atoms with E-state index in [0.29, 0.717) is 24.5 Å². The van der Waals surface area contributed by atoms with Crippen LogP contribution in [0, 0.1) is 5.92 Å². The van der Waals surface area contributed by atoms with Gasteiger partial charge < -0.3 is 10.6 Å². The fraction of sp³-hybridized carbons (Fsp3) is 0.368. The molecule has 156 valence electrons. The maximum atomic E-state index is 13.0. The van der Waals surface area contributed by atoms with Crippen molar-refractivity contribution in [3.63, 3.8) is 0 Å². The first-order valence-corrected chi connectivity index (χ1v) is 12.6. The highest BCUT2D eigenvalue weighted by molar-refractivity contribution is 7.99. The van der Waals surface area contributed by atoms with Crippen molar-refractivity contribution in [3.05, 3.63) is 40.6 Å². The number of nitrogens with zero attached hydrogens (tertiary/aromatic N) is 1. The van der Waals surface area contributed by atoms with Crippen molar-refractivity contribution in [2.24, 2.45) is 5.92 Å². The van der Waals surface area contributed by atoms with Gasteiger partial charge in [0.05, 0.1) is 0 Å². The van der Waals surface area contributed by atoms with Crippen molar-refractivity contribution < 1.29 is 18.0 Å². The van der Waals surface area contributed by atoms with Gasteiger partial charge in [0, 0.05) is 41.9 Å². The van der Waals surface area contributed by atoms with Gasteiger partial charge in [0.2, 0.25) is 15.9 Å². The van der Waals surface area contributed by atoms with Crippen LogP contribution in [-0.2, 0) is 14.8 Å². The molecule has 1 aliphatic rings. The zero-order valence-corrected chi connectivity index (χ0v) is 18.6. The monoisotopic (exact) mass is 453 g/mol. The summed E-state index contributed by atoms with van der Waals surface area (Å²) in [5, 5.41) is 7.12. The molecular weight excluding hydrogens is 430 g/mol. The molecule has 1 saturated heterocycles. The van der Waals surface area contributed by atoms with Crippen LogP contribution in [0.15, 0.2) is 40.6 Å². The van der Waals surface area contributed by atoms with Gasteiger partial charge in [-0.2, -0.15) is 16.1 Å². The molecule has 1 aliphatic heterocycles. The third-order valence-electron chi connectivity index (χ3n) is 4.34. The number of amides is 2. The summed E-state index contributed by atoms with van der Waals surface area (Å²) in [7, 11) is -3.71. The number of hydrogen-bond acceptors (Lipinski definition) is 6. The quantitative estimate of drug-likeness (QED) is 0.699. The molecular formula is C19H23N3O4S3. The number of thiophene rings is 1. The topological polar surface area (TPSA) is 95.6 Å². The Hall–Kier alpha value is -1.88. The average molecular weight is 454 g/mol. The lowest BCUT2D eigenvalue weighted by molar-refractivity contribution is -0.118. The first-order valence-electron chi connectivity index (χ1n) is 9.16. The van der Waals surface area contributed by atoms with E-state index in [1.807, 2.05) is 0 Å². The summed E-state index contributed by atoms with van der Waals surface area (Å²) in [4.78, 5) is 24.9. The number of nitrogens with one attached hydrogen (secondary N) is 2. The van der Waals surface area contributed by atoms with Gasteiger partial charge in [0.25, 0.3) is 5.91 Å². The summed E-state index contributed by atoms with van der Waals surface area (Å²) in [6.45, 7) is 4.48. The molecule has 0 bridgehead atoms. The minimum atomic E-state index is -3.71. The first kappa shape index (κ1) is 21.8. The van der Waals surface area contributed by atoms with Gasteiger partial charge in [-0.1, -0.05) is 19.9 Å². The first-order chi connectivity index (χ1) is 13.8. The number of benzene rings is 1. The third-order valence-corrected chi connectivity index (χ3v) is 8.26. The van der Waals surface area contributed by atoms with E-state index in [4.69, 9.17) is 0 Å². The Balaban J connectivity index is 1.77. The number of hydrogen-bond donors (Lipinski definition) is 2. The molecule has 10 heteroatoms. The summed E-state index contributed by atoms with van der Waals surface area (Å²) in [6, 6.07) is 8.25. The predicted molar refractivity (Wildman–Crippen MR) is 118 cm³/mol. The summed E-state index contributed by atoms with van der Waals surface area (Å²) in [5.74, 6) is 0.719. The maximum absolute atomic E-state index is 13.0. The molecule has 2 N–H and O–H groups in total. The highest BCUT2D eigenvalue weighted by atomic mass is 32.2. The highest BCUT2D eigenvalue weighted by Gasteiger charge is 2.31. The van der Waals surface area contributed by atoms with Crippen molar-refractivity contribution in [1.82, 2.24) is 4.31 Å². The second-order valence-corrected chi connectivity index (χ2v) is 10.9. The minimum Gasteiger partial charge on any atom is -0.326 e. The van der Waals surface area contributed by atoms with Gasteiger partial charge in [-0.05, 0) is 29.6 Å². The molecule has 2 amide bonds. The van der Waals surface area contributed by atoms with Gasteiger partial charge in [-0.25, -0.2) is 8.42 Å². The predicted octanol–water partition coefficient (Wildman–Crippen LogP) is 3.33. The lowest BCUT2D eigenvalue weighted by Gasteiger charge is -2.25. The molecule has 2 aromatic rings. The summed E-state index contributed by atoms with van der Waals surface area (Å²) in [5.41, 5.74) is 1.04. The van der Waals surface area contributed by atoms with Crippen molar-refractivity contribution in [1.29, 1.82) is 0 Å². The number of thioether (sulfide) groups is 1. The Morgan fingerprint density at radius 2 is 1.72 bits per heavy atom. The normalized spacial score (nSPS) is 15.3. The fourth-order valence-electron chi connectivity index (χ4n) is 2.74. The molecule has 1 fully saturated rings. The lowest BCUT2D eigenvalue weighted by atomic mass is 10.2. The van der Waals surface area contributed by atoms with Crippen molar-refractivity contribution in [2.45, 2.75) is 18.7 Å². The van der Waals surface area contributed by atoms with Crippen LogP contribution in [-0.4, -0.2) is 49.1 Å². The molecule has 0 unspecified atom stereocenters. The Morgan fingerprint density at radius 3 is 2.38 bits per heavy atom. The van der Waals surface area contributed by atoms with E-state index in [1.165, 1.54) is 10.4 Å². The summed E-state index contributed by atoms with van der Waals surface area (Å²) in [6.07, 6.45) is 0. The number of rotatable bonds is 6. The molecule has 0 saturated carbocycles. The molecule has 2 heterocycles. The standard InChI is InChI=1S/C19H23N3O4S3/c1-13(2)18(23)20-14-4-3-5-15(12-14)21-19(24)17-16(6-9-28-17)29(25,26)22-7-10-27-11-8-22/h3-6,9,12-13H,7-8,10-11H2,1-2H3,(H,20,23)(H,21,24). The van der Waals surface area contributed by atoms with E-state index in [1.54, 1.807) is 55.3 Å². The zero-order chi connectivity index (χ0) is 21.0. The Labute approximate surface area is 178 Å². The van der Waals surface area contributed by atoms with E-state index >= 15 is 0 Å².